The molecule has 0 aliphatic carbocycles. The smallest absolute Gasteiger partial charge is 0.162 e. The summed E-state index contributed by atoms with van der Waals surface area (Å²) in [5.41, 5.74) is -0.757. The topological polar surface area (TPSA) is 88.4 Å². The van der Waals surface area contributed by atoms with Crippen LogP contribution in [0.25, 0.3) is 0 Å². The number of aliphatic hydroxyl groups is 3. The molecule has 7 heteroatoms. The Morgan fingerprint density at radius 2 is 1.75 bits per heavy atom. The van der Waals surface area contributed by atoms with Crippen molar-refractivity contribution in [1.29, 1.82) is 0 Å². The SMILES string of the molecule is COc1ccc(O[C@@H]2[C@@H](O)[C@@H](O)[C@@H](CO)O[C@H]2S)cc1. The van der Waals surface area contributed by atoms with Gasteiger partial charge in [0.2, 0.25) is 0 Å². The summed E-state index contributed by atoms with van der Waals surface area (Å²) < 4.78 is 15.9. The second-order valence-electron chi connectivity index (χ2n) is 4.49. The fourth-order valence-electron chi connectivity index (χ4n) is 2.01. The van der Waals surface area contributed by atoms with Crippen LogP contribution in [-0.2, 0) is 4.74 Å². The fraction of sp³-hybridized carbons (Fsp3) is 0.538. The first kappa shape index (κ1) is 15.4. The van der Waals surface area contributed by atoms with E-state index in [1.54, 1.807) is 31.4 Å². The van der Waals surface area contributed by atoms with Crippen molar-refractivity contribution < 1.29 is 29.5 Å². The molecule has 0 aromatic heterocycles. The van der Waals surface area contributed by atoms with Gasteiger partial charge in [-0.25, -0.2) is 0 Å². The lowest BCUT2D eigenvalue weighted by Crippen LogP contribution is -2.58. The lowest BCUT2D eigenvalue weighted by atomic mass is 10.00. The maximum absolute atomic E-state index is 10.0. The van der Waals surface area contributed by atoms with Crippen molar-refractivity contribution in [3.8, 4) is 11.5 Å². The summed E-state index contributed by atoms with van der Waals surface area (Å²) in [6.45, 7) is -0.398. The zero-order chi connectivity index (χ0) is 14.7. The van der Waals surface area contributed by atoms with Crippen LogP contribution in [0.5, 0.6) is 11.5 Å². The molecule has 1 aliphatic rings. The van der Waals surface area contributed by atoms with E-state index in [2.05, 4.69) is 12.6 Å². The first-order valence-electron chi connectivity index (χ1n) is 6.18. The van der Waals surface area contributed by atoms with Gasteiger partial charge in [0.1, 0.15) is 35.2 Å². The zero-order valence-electron chi connectivity index (χ0n) is 10.9. The first-order valence-corrected chi connectivity index (χ1v) is 6.69. The number of aliphatic hydroxyl groups excluding tert-OH is 3. The maximum atomic E-state index is 10.0. The second kappa shape index (κ2) is 6.64. The highest BCUT2D eigenvalue weighted by Gasteiger charge is 2.44. The average Bonchev–Trinajstić information content (AvgIpc) is 2.48. The van der Waals surface area contributed by atoms with Gasteiger partial charge >= 0.3 is 0 Å². The zero-order valence-corrected chi connectivity index (χ0v) is 11.8. The van der Waals surface area contributed by atoms with Crippen molar-refractivity contribution in [2.24, 2.45) is 0 Å². The Morgan fingerprint density at radius 1 is 1.15 bits per heavy atom. The number of hydrogen-bond acceptors (Lipinski definition) is 7. The van der Waals surface area contributed by atoms with Gasteiger partial charge in [0.05, 0.1) is 13.7 Å². The highest BCUT2D eigenvalue weighted by atomic mass is 32.1. The van der Waals surface area contributed by atoms with Crippen molar-refractivity contribution in [2.75, 3.05) is 13.7 Å². The van der Waals surface area contributed by atoms with E-state index in [1.807, 2.05) is 0 Å². The van der Waals surface area contributed by atoms with Crippen LogP contribution in [0.15, 0.2) is 24.3 Å². The highest BCUT2D eigenvalue weighted by Crippen LogP contribution is 2.28. The molecule has 1 heterocycles. The maximum Gasteiger partial charge on any atom is 0.162 e. The van der Waals surface area contributed by atoms with Crippen LogP contribution >= 0.6 is 12.6 Å². The van der Waals surface area contributed by atoms with Crippen molar-refractivity contribution in [2.45, 2.75) is 29.9 Å². The Morgan fingerprint density at radius 3 is 2.30 bits per heavy atom. The number of benzene rings is 1. The van der Waals surface area contributed by atoms with E-state index in [-0.39, 0.29) is 0 Å². The molecule has 1 aromatic carbocycles. The summed E-state index contributed by atoms with van der Waals surface area (Å²) in [7, 11) is 1.56. The molecule has 0 bridgehead atoms. The van der Waals surface area contributed by atoms with Crippen LogP contribution < -0.4 is 9.47 Å². The quantitative estimate of drug-likeness (QED) is 0.577. The summed E-state index contributed by atoms with van der Waals surface area (Å²) in [6.07, 6.45) is -4.15. The van der Waals surface area contributed by atoms with Crippen molar-refractivity contribution in [3.63, 3.8) is 0 Å². The Balaban J connectivity index is 2.07. The number of rotatable bonds is 4. The second-order valence-corrected chi connectivity index (χ2v) is 5.00. The standard InChI is InChI=1S/C13H18O6S/c1-17-7-2-4-8(5-3-7)18-12-11(16)10(15)9(6-14)19-13(12)20/h2-5,9-16,20H,6H2,1H3/t9-,10+,11+,12-,13+/m1/s1. The molecule has 1 aromatic rings. The van der Waals surface area contributed by atoms with Gasteiger partial charge in [-0.3, -0.25) is 0 Å². The number of thiol groups is 1. The molecule has 5 atom stereocenters. The fourth-order valence-corrected chi connectivity index (χ4v) is 2.40. The molecule has 112 valence electrons. The summed E-state index contributed by atoms with van der Waals surface area (Å²) in [6, 6.07) is 6.78. The van der Waals surface area contributed by atoms with E-state index >= 15 is 0 Å². The number of hydrogen-bond donors (Lipinski definition) is 4. The van der Waals surface area contributed by atoms with Gasteiger partial charge < -0.3 is 29.5 Å². The van der Waals surface area contributed by atoms with Crippen LogP contribution in [0, 0.1) is 0 Å². The van der Waals surface area contributed by atoms with Gasteiger partial charge in [0.15, 0.2) is 6.10 Å². The van der Waals surface area contributed by atoms with Crippen LogP contribution in [0.4, 0.5) is 0 Å². The minimum atomic E-state index is -1.23. The van der Waals surface area contributed by atoms with Crippen LogP contribution in [0.2, 0.25) is 0 Å². The lowest BCUT2D eigenvalue weighted by molar-refractivity contribution is -0.198. The van der Waals surface area contributed by atoms with Crippen LogP contribution in [-0.4, -0.2) is 58.9 Å². The van der Waals surface area contributed by atoms with E-state index in [0.717, 1.165) is 0 Å². The van der Waals surface area contributed by atoms with E-state index in [4.69, 9.17) is 19.3 Å². The Kier molecular flexibility index (Phi) is 5.11. The molecule has 0 spiro atoms. The molecule has 1 fully saturated rings. The van der Waals surface area contributed by atoms with E-state index in [1.165, 1.54) is 0 Å². The van der Waals surface area contributed by atoms with Crippen LogP contribution in [0.1, 0.15) is 0 Å². The minimum Gasteiger partial charge on any atom is -0.497 e. The van der Waals surface area contributed by atoms with Gasteiger partial charge in [0.25, 0.3) is 0 Å². The average molecular weight is 302 g/mol. The molecule has 20 heavy (non-hydrogen) atoms. The molecule has 0 unspecified atom stereocenters. The van der Waals surface area contributed by atoms with Gasteiger partial charge in [-0.2, -0.15) is 0 Å². The highest BCUT2D eigenvalue weighted by molar-refractivity contribution is 7.80. The summed E-state index contributed by atoms with van der Waals surface area (Å²) in [4.78, 5) is 0. The van der Waals surface area contributed by atoms with Gasteiger partial charge in [-0.15, -0.1) is 12.6 Å². The third kappa shape index (κ3) is 3.18. The van der Waals surface area contributed by atoms with E-state index in [9.17, 15) is 10.2 Å². The van der Waals surface area contributed by atoms with Crippen molar-refractivity contribution >= 4 is 12.6 Å². The monoisotopic (exact) mass is 302 g/mol. The van der Waals surface area contributed by atoms with Crippen molar-refractivity contribution in [3.05, 3.63) is 24.3 Å². The minimum absolute atomic E-state index is 0.398. The number of methoxy groups -OCH3 is 1. The first-order chi connectivity index (χ1) is 9.56. The summed E-state index contributed by atoms with van der Waals surface area (Å²) >= 11 is 4.18. The Bertz CT molecular complexity index is 425. The molecule has 0 saturated carbocycles. The summed E-state index contributed by atoms with van der Waals surface area (Å²) in [5.74, 6) is 1.17. The molecule has 0 amide bonds. The normalized spacial score (nSPS) is 33.8. The molecular weight excluding hydrogens is 284 g/mol. The largest absolute Gasteiger partial charge is 0.497 e. The molecule has 0 radical (unpaired) electrons. The summed E-state index contributed by atoms with van der Waals surface area (Å²) in [5, 5.41) is 28.9. The molecule has 6 nitrogen and oxygen atoms in total. The molecule has 1 saturated heterocycles. The van der Waals surface area contributed by atoms with E-state index in [0.29, 0.717) is 11.5 Å². The van der Waals surface area contributed by atoms with Gasteiger partial charge in [0, 0.05) is 0 Å². The molecular formula is C13H18O6S. The predicted octanol–water partition coefficient (Wildman–Crippen LogP) is -0.189. The van der Waals surface area contributed by atoms with Gasteiger partial charge in [-0.1, -0.05) is 0 Å². The predicted molar refractivity (Wildman–Crippen MR) is 74.2 cm³/mol. The lowest BCUT2D eigenvalue weighted by Gasteiger charge is -2.40. The van der Waals surface area contributed by atoms with E-state index < -0.39 is 36.5 Å². The number of ether oxygens (including phenoxy) is 3. The molecule has 2 rings (SSSR count). The third-order valence-electron chi connectivity index (χ3n) is 3.17. The van der Waals surface area contributed by atoms with Gasteiger partial charge in [-0.05, 0) is 24.3 Å². The van der Waals surface area contributed by atoms with Crippen LogP contribution in [0.3, 0.4) is 0 Å². The molecule has 3 N–H and O–H groups in total. The third-order valence-corrected chi connectivity index (χ3v) is 3.59. The molecule has 1 aliphatic heterocycles. The Labute approximate surface area is 122 Å². The van der Waals surface area contributed by atoms with Crippen molar-refractivity contribution in [1.82, 2.24) is 0 Å². The Hall–Kier alpha value is -0.990.